The predicted molar refractivity (Wildman–Crippen MR) is 138 cm³/mol. The Morgan fingerprint density at radius 2 is 1.48 bits per heavy atom. The van der Waals surface area contributed by atoms with Crippen molar-refractivity contribution in [3.05, 3.63) is 91.0 Å². The molecular weight excluding hydrogens is 426 g/mol. The van der Waals surface area contributed by atoms with E-state index >= 15 is 0 Å². The quantitative estimate of drug-likeness (QED) is 0.216. The maximum Gasteiger partial charge on any atom is 0.220 e. The van der Waals surface area contributed by atoms with Crippen molar-refractivity contribution < 1.29 is 4.79 Å². The second-order valence-corrected chi connectivity index (χ2v) is 8.86. The number of aromatic nitrogens is 2. The standard InChI is InChI=1S/C28H29N3OS/c1-2-20-29-25(32)19-12-21-33-28-30-26(22-13-6-3-7-14-22)27(23-15-8-4-9-16-23)31(28)24-17-10-5-11-18-24/h3-11,13-18H,2,12,19-21H2,1H3,(H,29,32). The van der Waals surface area contributed by atoms with E-state index in [0.717, 1.165) is 58.5 Å². The molecule has 4 nitrogen and oxygen atoms in total. The SMILES string of the molecule is CCCNC(=O)CCCSc1nc(-c2ccccc2)c(-c2ccccc2)n1-c1ccccc1. The molecule has 0 saturated carbocycles. The molecule has 3 aromatic carbocycles. The summed E-state index contributed by atoms with van der Waals surface area (Å²) >= 11 is 1.70. The first kappa shape index (κ1) is 22.9. The highest BCUT2D eigenvalue weighted by Crippen LogP contribution is 2.38. The van der Waals surface area contributed by atoms with Crippen molar-refractivity contribution in [1.29, 1.82) is 0 Å². The number of benzene rings is 3. The van der Waals surface area contributed by atoms with E-state index in [-0.39, 0.29) is 5.91 Å². The average molecular weight is 456 g/mol. The number of hydrogen-bond donors (Lipinski definition) is 1. The number of nitrogens with zero attached hydrogens (tertiary/aromatic N) is 2. The molecule has 0 spiro atoms. The van der Waals surface area contributed by atoms with E-state index in [1.807, 2.05) is 30.3 Å². The Bertz CT molecular complexity index is 1160. The van der Waals surface area contributed by atoms with Gasteiger partial charge in [-0.1, -0.05) is 97.5 Å². The van der Waals surface area contributed by atoms with Gasteiger partial charge >= 0.3 is 0 Å². The van der Waals surface area contributed by atoms with Crippen LogP contribution in [0, 0.1) is 0 Å². The van der Waals surface area contributed by atoms with Gasteiger partial charge in [0.05, 0.1) is 11.4 Å². The summed E-state index contributed by atoms with van der Waals surface area (Å²) in [5.41, 5.74) is 5.34. The first-order valence-electron chi connectivity index (χ1n) is 11.5. The third-order valence-electron chi connectivity index (χ3n) is 5.31. The number of carbonyl (C=O) groups is 1. The molecule has 168 valence electrons. The van der Waals surface area contributed by atoms with Crippen LogP contribution in [-0.2, 0) is 4.79 Å². The molecule has 0 saturated heterocycles. The Morgan fingerprint density at radius 3 is 2.12 bits per heavy atom. The van der Waals surface area contributed by atoms with Crippen LogP contribution in [0.2, 0.25) is 0 Å². The number of rotatable bonds is 10. The summed E-state index contributed by atoms with van der Waals surface area (Å²) in [7, 11) is 0. The van der Waals surface area contributed by atoms with Gasteiger partial charge in [-0.3, -0.25) is 9.36 Å². The van der Waals surface area contributed by atoms with E-state index < -0.39 is 0 Å². The van der Waals surface area contributed by atoms with E-state index in [1.54, 1.807) is 11.8 Å². The van der Waals surface area contributed by atoms with Gasteiger partial charge in [0, 0.05) is 35.5 Å². The minimum absolute atomic E-state index is 0.124. The number of para-hydroxylation sites is 1. The van der Waals surface area contributed by atoms with Crippen LogP contribution in [0.15, 0.2) is 96.2 Å². The largest absolute Gasteiger partial charge is 0.356 e. The van der Waals surface area contributed by atoms with E-state index in [4.69, 9.17) is 4.98 Å². The predicted octanol–water partition coefficient (Wildman–Crippen LogP) is 6.60. The van der Waals surface area contributed by atoms with Gasteiger partial charge in [0.2, 0.25) is 5.91 Å². The highest BCUT2D eigenvalue weighted by atomic mass is 32.2. The van der Waals surface area contributed by atoms with Crippen molar-refractivity contribution in [1.82, 2.24) is 14.9 Å². The summed E-state index contributed by atoms with van der Waals surface area (Å²) in [6.45, 7) is 2.81. The zero-order chi connectivity index (χ0) is 22.9. The molecule has 0 unspecified atom stereocenters. The molecule has 0 aliphatic carbocycles. The van der Waals surface area contributed by atoms with Crippen molar-refractivity contribution >= 4 is 17.7 Å². The second kappa shape index (κ2) is 11.5. The van der Waals surface area contributed by atoms with Crippen molar-refractivity contribution in [3.63, 3.8) is 0 Å². The van der Waals surface area contributed by atoms with Crippen molar-refractivity contribution in [2.45, 2.75) is 31.3 Å². The van der Waals surface area contributed by atoms with Crippen LogP contribution in [0.4, 0.5) is 0 Å². The molecule has 1 heterocycles. The van der Waals surface area contributed by atoms with Gasteiger partial charge in [0.15, 0.2) is 5.16 Å². The lowest BCUT2D eigenvalue weighted by atomic mass is 10.0. The fourth-order valence-corrected chi connectivity index (χ4v) is 4.67. The van der Waals surface area contributed by atoms with Crippen LogP contribution >= 0.6 is 11.8 Å². The maximum atomic E-state index is 12.0. The fraction of sp³-hybridized carbons (Fsp3) is 0.214. The highest BCUT2D eigenvalue weighted by Gasteiger charge is 2.21. The first-order chi connectivity index (χ1) is 16.3. The molecule has 33 heavy (non-hydrogen) atoms. The zero-order valence-electron chi connectivity index (χ0n) is 18.9. The lowest BCUT2D eigenvalue weighted by Gasteiger charge is -2.13. The van der Waals surface area contributed by atoms with Crippen molar-refractivity contribution in [3.8, 4) is 28.2 Å². The molecule has 1 amide bonds. The third kappa shape index (κ3) is 5.74. The summed E-state index contributed by atoms with van der Waals surface area (Å²) in [4.78, 5) is 17.1. The smallest absolute Gasteiger partial charge is 0.220 e. The molecule has 4 aromatic rings. The topological polar surface area (TPSA) is 46.9 Å². The maximum absolute atomic E-state index is 12.0. The number of imidazole rings is 1. The normalized spacial score (nSPS) is 10.8. The molecule has 0 aliphatic heterocycles. The van der Waals surface area contributed by atoms with Crippen LogP contribution in [0.5, 0.6) is 0 Å². The van der Waals surface area contributed by atoms with Gasteiger partial charge in [-0.2, -0.15) is 0 Å². The molecule has 0 atom stereocenters. The van der Waals surface area contributed by atoms with Crippen molar-refractivity contribution in [2.75, 3.05) is 12.3 Å². The van der Waals surface area contributed by atoms with E-state index in [2.05, 4.69) is 77.5 Å². The molecule has 1 N–H and O–H groups in total. The van der Waals surface area contributed by atoms with Crippen LogP contribution in [-0.4, -0.2) is 27.8 Å². The molecule has 1 aromatic heterocycles. The number of hydrogen-bond acceptors (Lipinski definition) is 3. The van der Waals surface area contributed by atoms with Gasteiger partial charge in [0.25, 0.3) is 0 Å². The molecule has 5 heteroatoms. The Kier molecular flexibility index (Phi) is 7.99. The zero-order valence-corrected chi connectivity index (χ0v) is 19.7. The van der Waals surface area contributed by atoms with Crippen molar-refractivity contribution in [2.24, 2.45) is 0 Å². The van der Waals surface area contributed by atoms with Crippen LogP contribution in [0.3, 0.4) is 0 Å². The lowest BCUT2D eigenvalue weighted by molar-refractivity contribution is -0.121. The Balaban J connectivity index is 1.71. The summed E-state index contributed by atoms with van der Waals surface area (Å²) in [5, 5.41) is 3.89. The number of amides is 1. The Hall–Kier alpha value is -3.31. The molecule has 0 aliphatic rings. The molecule has 4 rings (SSSR count). The lowest BCUT2D eigenvalue weighted by Crippen LogP contribution is -2.23. The monoisotopic (exact) mass is 455 g/mol. The number of carbonyl (C=O) groups excluding carboxylic acids is 1. The number of nitrogens with one attached hydrogen (secondary N) is 1. The minimum atomic E-state index is 0.124. The first-order valence-corrected chi connectivity index (χ1v) is 12.4. The molecule has 0 fully saturated rings. The second-order valence-electron chi connectivity index (χ2n) is 7.80. The molecular formula is C28H29N3OS. The molecule has 0 radical (unpaired) electrons. The summed E-state index contributed by atoms with van der Waals surface area (Å²) in [6, 6.07) is 31.1. The van der Waals surface area contributed by atoms with Crippen LogP contribution in [0.1, 0.15) is 26.2 Å². The van der Waals surface area contributed by atoms with Gasteiger partial charge in [-0.25, -0.2) is 4.98 Å². The minimum Gasteiger partial charge on any atom is -0.356 e. The number of thioether (sulfide) groups is 1. The summed E-state index contributed by atoms with van der Waals surface area (Å²) in [6.07, 6.45) is 2.30. The van der Waals surface area contributed by atoms with E-state index in [0.29, 0.717) is 6.42 Å². The van der Waals surface area contributed by atoms with Crippen LogP contribution < -0.4 is 5.32 Å². The summed E-state index contributed by atoms with van der Waals surface area (Å²) < 4.78 is 2.25. The van der Waals surface area contributed by atoms with E-state index in [9.17, 15) is 4.79 Å². The van der Waals surface area contributed by atoms with Gasteiger partial charge in [-0.15, -0.1) is 0 Å². The highest BCUT2D eigenvalue weighted by molar-refractivity contribution is 7.99. The van der Waals surface area contributed by atoms with Gasteiger partial charge in [-0.05, 0) is 25.0 Å². The van der Waals surface area contributed by atoms with Crippen LogP contribution in [0.25, 0.3) is 28.2 Å². The summed E-state index contributed by atoms with van der Waals surface area (Å²) in [5.74, 6) is 0.949. The average Bonchev–Trinajstić information content (AvgIpc) is 3.26. The van der Waals surface area contributed by atoms with Gasteiger partial charge < -0.3 is 5.32 Å². The third-order valence-corrected chi connectivity index (χ3v) is 6.33. The Labute approximate surface area is 200 Å². The van der Waals surface area contributed by atoms with Gasteiger partial charge in [0.1, 0.15) is 0 Å². The van der Waals surface area contributed by atoms with E-state index in [1.165, 1.54) is 0 Å². The molecule has 0 bridgehead atoms. The Morgan fingerprint density at radius 1 is 0.879 bits per heavy atom. The fourth-order valence-electron chi connectivity index (χ4n) is 3.72.